The van der Waals surface area contributed by atoms with Gasteiger partial charge in [0.05, 0.1) is 0 Å². The van der Waals surface area contributed by atoms with Crippen molar-refractivity contribution in [2.45, 2.75) is 19.0 Å². The molecular formula is C19H15F3O2. The van der Waals surface area contributed by atoms with Crippen LogP contribution in [0, 0.1) is 0 Å². The minimum Gasteiger partial charge on any atom is -0.484 e. The van der Waals surface area contributed by atoms with E-state index in [1.165, 1.54) is 12.1 Å². The molecule has 124 valence electrons. The van der Waals surface area contributed by atoms with Gasteiger partial charge in [-0.1, -0.05) is 36.4 Å². The first-order valence-corrected chi connectivity index (χ1v) is 7.55. The number of halogens is 3. The van der Waals surface area contributed by atoms with E-state index >= 15 is 0 Å². The fourth-order valence-electron chi connectivity index (χ4n) is 2.68. The Labute approximate surface area is 137 Å². The van der Waals surface area contributed by atoms with Crippen molar-refractivity contribution in [3.05, 3.63) is 70.8 Å². The minimum absolute atomic E-state index is 0.00856. The highest BCUT2D eigenvalue weighted by Crippen LogP contribution is 2.27. The number of carbonyl (C=O) groups excluding carboxylic acids is 1. The van der Waals surface area contributed by atoms with Gasteiger partial charge in [-0.2, -0.15) is 13.2 Å². The van der Waals surface area contributed by atoms with Crippen LogP contribution in [0.4, 0.5) is 13.2 Å². The molecule has 0 unspecified atom stereocenters. The number of hydrogen-bond donors (Lipinski definition) is 0. The van der Waals surface area contributed by atoms with Gasteiger partial charge in [0, 0.05) is 11.1 Å². The Morgan fingerprint density at radius 2 is 1.71 bits per heavy atom. The Balaban J connectivity index is 1.74. The number of hydrogen-bond acceptors (Lipinski definition) is 2. The van der Waals surface area contributed by atoms with Crippen LogP contribution in [0.15, 0.2) is 54.1 Å². The lowest BCUT2D eigenvalue weighted by Gasteiger charge is -2.17. The van der Waals surface area contributed by atoms with E-state index in [9.17, 15) is 18.0 Å². The van der Waals surface area contributed by atoms with Crippen molar-refractivity contribution in [2.75, 3.05) is 6.61 Å². The summed E-state index contributed by atoms with van der Waals surface area (Å²) in [6, 6.07) is 13.8. The van der Waals surface area contributed by atoms with Gasteiger partial charge < -0.3 is 4.74 Å². The van der Waals surface area contributed by atoms with Crippen LogP contribution in [-0.2, 0) is 6.42 Å². The Bertz CT molecular complexity index is 774. The number of Topliss-reactive ketones (excluding diaryl/α,β-unsaturated/α-hetero) is 1. The van der Waals surface area contributed by atoms with Crippen LogP contribution in [0.2, 0.25) is 0 Å². The molecule has 0 radical (unpaired) electrons. The van der Waals surface area contributed by atoms with E-state index in [4.69, 9.17) is 0 Å². The summed E-state index contributed by atoms with van der Waals surface area (Å²) >= 11 is 0. The molecule has 5 heteroatoms. The summed E-state index contributed by atoms with van der Waals surface area (Å²) < 4.78 is 41.0. The molecule has 3 rings (SSSR count). The van der Waals surface area contributed by atoms with Crippen LogP contribution in [0.3, 0.4) is 0 Å². The van der Waals surface area contributed by atoms with Gasteiger partial charge in [0.2, 0.25) is 0 Å². The Kier molecular flexibility index (Phi) is 4.42. The highest BCUT2D eigenvalue weighted by atomic mass is 19.4. The number of ketones is 1. The molecule has 2 aromatic rings. The van der Waals surface area contributed by atoms with Crippen molar-refractivity contribution >= 4 is 11.9 Å². The molecule has 24 heavy (non-hydrogen) atoms. The topological polar surface area (TPSA) is 26.3 Å². The van der Waals surface area contributed by atoms with Gasteiger partial charge in [-0.25, -0.2) is 0 Å². The number of aryl methyl sites for hydroxylation is 1. The molecule has 2 nitrogen and oxygen atoms in total. The Morgan fingerprint density at radius 3 is 2.42 bits per heavy atom. The first kappa shape index (κ1) is 16.3. The second-order valence-electron chi connectivity index (χ2n) is 5.63. The molecule has 0 bridgehead atoms. The van der Waals surface area contributed by atoms with Crippen molar-refractivity contribution in [3.63, 3.8) is 0 Å². The summed E-state index contributed by atoms with van der Waals surface area (Å²) in [6.07, 6.45) is -1.11. The van der Waals surface area contributed by atoms with E-state index in [-0.39, 0.29) is 11.5 Å². The van der Waals surface area contributed by atoms with Gasteiger partial charge in [-0.05, 0) is 42.2 Å². The maximum absolute atomic E-state index is 12.5. The molecule has 0 fully saturated rings. The standard InChI is InChI=1S/C19H15F3O2/c20-19(21,22)12-24-16-9-5-13(6-10-16)11-15-8-7-14-3-1-2-4-17(14)18(15)23/h1-6,9-11H,7-8,12H2. The van der Waals surface area contributed by atoms with Crippen molar-refractivity contribution in [1.82, 2.24) is 0 Å². The van der Waals surface area contributed by atoms with Crippen LogP contribution in [-0.4, -0.2) is 18.6 Å². The zero-order valence-electron chi connectivity index (χ0n) is 12.8. The number of benzene rings is 2. The van der Waals surface area contributed by atoms with Crippen molar-refractivity contribution in [3.8, 4) is 5.75 Å². The summed E-state index contributed by atoms with van der Waals surface area (Å²) in [4.78, 5) is 12.5. The van der Waals surface area contributed by atoms with Gasteiger partial charge in [0.15, 0.2) is 12.4 Å². The second-order valence-corrected chi connectivity index (χ2v) is 5.63. The van der Waals surface area contributed by atoms with Crippen LogP contribution in [0.5, 0.6) is 5.75 Å². The van der Waals surface area contributed by atoms with Crippen LogP contribution in [0.25, 0.3) is 6.08 Å². The molecule has 0 atom stereocenters. The highest BCUT2D eigenvalue weighted by Gasteiger charge is 2.28. The molecule has 0 saturated carbocycles. The average molecular weight is 332 g/mol. The largest absolute Gasteiger partial charge is 0.484 e. The zero-order valence-corrected chi connectivity index (χ0v) is 12.8. The lowest BCUT2D eigenvalue weighted by atomic mass is 9.86. The second kappa shape index (κ2) is 6.51. The first-order valence-electron chi connectivity index (χ1n) is 7.55. The molecule has 0 aliphatic heterocycles. The van der Waals surface area contributed by atoms with E-state index in [2.05, 4.69) is 4.74 Å². The van der Waals surface area contributed by atoms with Gasteiger partial charge in [0.1, 0.15) is 5.75 Å². The number of alkyl halides is 3. The molecule has 1 aliphatic carbocycles. The van der Waals surface area contributed by atoms with Crippen molar-refractivity contribution in [1.29, 1.82) is 0 Å². The summed E-state index contributed by atoms with van der Waals surface area (Å²) in [5.74, 6) is 0.157. The van der Waals surface area contributed by atoms with Crippen LogP contribution >= 0.6 is 0 Å². The van der Waals surface area contributed by atoms with Crippen molar-refractivity contribution < 1.29 is 22.7 Å². The van der Waals surface area contributed by atoms with Gasteiger partial charge in [-0.15, -0.1) is 0 Å². The SMILES string of the molecule is O=C1C(=Cc2ccc(OCC(F)(F)F)cc2)CCc2ccccc21. The number of ether oxygens (including phenoxy) is 1. The Morgan fingerprint density at radius 1 is 1.00 bits per heavy atom. The maximum Gasteiger partial charge on any atom is 0.422 e. The fourth-order valence-corrected chi connectivity index (χ4v) is 2.68. The third-order valence-corrected chi connectivity index (χ3v) is 3.84. The number of rotatable bonds is 3. The summed E-state index contributed by atoms with van der Waals surface area (Å²) in [5.41, 5.74) is 3.24. The summed E-state index contributed by atoms with van der Waals surface area (Å²) in [7, 11) is 0. The lowest BCUT2D eigenvalue weighted by molar-refractivity contribution is -0.153. The predicted octanol–water partition coefficient (Wildman–Crippen LogP) is 4.84. The average Bonchev–Trinajstić information content (AvgIpc) is 2.56. The molecular weight excluding hydrogens is 317 g/mol. The normalized spacial score (nSPS) is 16.1. The third kappa shape index (κ3) is 3.85. The van der Waals surface area contributed by atoms with Gasteiger partial charge in [0.25, 0.3) is 0 Å². The molecule has 1 aliphatic rings. The molecule has 0 amide bonds. The number of fused-ring (bicyclic) bond motifs is 1. The number of carbonyl (C=O) groups is 1. The molecule has 2 aromatic carbocycles. The third-order valence-electron chi connectivity index (χ3n) is 3.84. The predicted molar refractivity (Wildman–Crippen MR) is 85.1 cm³/mol. The monoisotopic (exact) mass is 332 g/mol. The van der Waals surface area contributed by atoms with Gasteiger partial charge in [-0.3, -0.25) is 4.79 Å². The van der Waals surface area contributed by atoms with E-state index in [1.54, 1.807) is 18.2 Å². The van der Waals surface area contributed by atoms with E-state index in [0.29, 0.717) is 12.0 Å². The molecule has 0 N–H and O–H groups in total. The lowest BCUT2D eigenvalue weighted by Crippen LogP contribution is -2.19. The molecule has 0 aromatic heterocycles. The van der Waals surface area contributed by atoms with Gasteiger partial charge >= 0.3 is 6.18 Å². The van der Waals surface area contributed by atoms with Crippen LogP contribution < -0.4 is 4.74 Å². The smallest absolute Gasteiger partial charge is 0.422 e. The molecule has 0 spiro atoms. The van der Waals surface area contributed by atoms with E-state index < -0.39 is 12.8 Å². The zero-order chi connectivity index (χ0) is 17.2. The summed E-state index contributed by atoms with van der Waals surface area (Å²) in [6.45, 7) is -1.32. The minimum atomic E-state index is -4.36. The van der Waals surface area contributed by atoms with E-state index in [0.717, 1.165) is 23.1 Å². The van der Waals surface area contributed by atoms with Crippen molar-refractivity contribution in [2.24, 2.45) is 0 Å². The quantitative estimate of drug-likeness (QED) is 0.752. The fraction of sp³-hybridized carbons (Fsp3) is 0.211. The first-order chi connectivity index (χ1) is 11.4. The van der Waals surface area contributed by atoms with E-state index in [1.807, 2.05) is 24.3 Å². The van der Waals surface area contributed by atoms with Crippen LogP contribution in [0.1, 0.15) is 27.9 Å². The maximum atomic E-state index is 12.5. The Hall–Kier alpha value is -2.56. The molecule has 0 saturated heterocycles. The summed E-state index contributed by atoms with van der Waals surface area (Å²) in [5, 5.41) is 0. The number of allylic oxidation sites excluding steroid dienone is 1. The molecule has 0 heterocycles. The highest BCUT2D eigenvalue weighted by molar-refractivity contribution is 6.13.